The minimum absolute atomic E-state index is 0.0457. The molecule has 0 bridgehead atoms. The molecule has 0 fully saturated rings. The molecule has 0 atom stereocenters. The Morgan fingerprint density at radius 1 is 1.14 bits per heavy atom. The van der Waals surface area contributed by atoms with E-state index in [0.717, 1.165) is 71.3 Å². The smallest absolute Gasteiger partial charge is 0.264 e. The number of allylic oxidation sites excluding steroid dienone is 1. The number of nitrogens with zero attached hydrogens (tertiary/aromatic N) is 4. The second-order valence-corrected chi connectivity index (χ2v) is 9.68. The molecule has 192 valence electrons. The Morgan fingerprint density at radius 3 is 2.39 bits per heavy atom. The number of alkyl halides is 2. The Balaban J connectivity index is 1.80. The predicted molar refractivity (Wildman–Crippen MR) is 145 cm³/mol. The van der Waals surface area contributed by atoms with E-state index in [9.17, 15) is 13.6 Å². The molecule has 0 radical (unpaired) electrons. The van der Waals surface area contributed by atoms with Gasteiger partial charge in [0.05, 0.1) is 17.6 Å². The van der Waals surface area contributed by atoms with Gasteiger partial charge in [-0.3, -0.25) is 9.48 Å². The maximum Gasteiger partial charge on any atom is 0.264 e. The van der Waals surface area contributed by atoms with Crippen molar-refractivity contribution in [3.8, 4) is 11.1 Å². The monoisotopic (exact) mass is 494 g/mol. The van der Waals surface area contributed by atoms with Crippen molar-refractivity contribution in [2.75, 3.05) is 30.9 Å². The van der Waals surface area contributed by atoms with Crippen molar-refractivity contribution in [2.45, 2.75) is 46.0 Å². The average Bonchev–Trinajstić information content (AvgIpc) is 3.26. The zero-order valence-corrected chi connectivity index (χ0v) is 22.1. The van der Waals surface area contributed by atoms with Gasteiger partial charge in [0.15, 0.2) is 0 Å². The van der Waals surface area contributed by atoms with Crippen molar-refractivity contribution in [2.24, 2.45) is 7.05 Å². The topological polar surface area (TPSA) is 41.4 Å². The van der Waals surface area contributed by atoms with E-state index in [2.05, 4.69) is 23.8 Å². The number of anilines is 2. The van der Waals surface area contributed by atoms with E-state index in [4.69, 9.17) is 0 Å². The molecule has 0 aliphatic rings. The third-order valence-electron chi connectivity index (χ3n) is 6.52. The summed E-state index contributed by atoms with van der Waals surface area (Å²) in [6.07, 6.45) is 5.16. The first-order chi connectivity index (χ1) is 17.0. The third kappa shape index (κ3) is 6.01. The lowest BCUT2D eigenvalue weighted by Gasteiger charge is -2.26. The van der Waals surface area contributed by atoms with E-state index in [0.29, 0.717) is 11.1 Å². The van der Waals surface area contributed by atoms with Gasteiger partial charge in [0, 0.05) is 51.1 Å². The molecular formula is C29H36F2N4O. The summed E-state index contributed by atoms with van der Waals surface area (Å²) in [7, 11) is 7.46. The van der Waals surface area contributed by atoms with Gasteiger partial charge >= 0.3 is 0 Å². The van der Waals surface area contributed by atoms with E-state index in [1.165, 1.54) is 0 Å². The largest absolute Gasteiger partial charge is 0.375 e. The van der Waals surface area contributed by atoms with Crippen LogP contribution in [0.2, 0.25) is 0 Å². The van der Waals surface area contributed by atoms with Gasteiger partial charge in [-0.15, -0.1) is 0 Å². The van der Waals surface area contributed by atoms with Crippen LogP contribution in [0.15, 0.2) is 43.2 Å². The lowest BCUT2D eigenvalue weighted by atomic mass is 9.92. The number of carbonyl (C=O) groups is 1. The van der Waals surface area contributed by atoms with Crippen molar-refractivity contribution in [3.05, 3.63) is 71.1 Å². The van der Waals surface area contributed by atoms with E-state index in [1.807, 2.05) is 38.9 Å². The fraction of sp³-hybridized carbons (Fsp3) is 0.379. The number of hydrogen-bond donors (Lipinski definition) is 0. The SMILES string of the molecule is C=C(C)c1cc(CCCCc2cc(-c3cnn(C)c3)c(C(F)F)cc2C)cc(N(C)C=O)c1N(C)C. The molecule has 3 rings (SSSR count). The Morgan fingerprint density at radius 2 is 1.83 bits per heavy atom. The molecular weight excluding hydrogens is 458 g/mol. The van der Waals surface area contributed by atoms with Crippen molar-refractivity contribution >= 4 is 23.4 Å². The number of amides is 1. The molecule has 36 heavy (non-hydrogen) atoms. The van der Waals surface area contributed by atoms with Crippen molar-refractivity contribution in [1.29, 1.82) is 0 Å². The molecule has 2 aromatic carbocycles. The second-order valence-electron chi connectivity index (χ2n) is 9.68. The van der Waals surface area contributed by atoms with E-state index in [1.54, 1.807) is 42.1 Å². The number of rotatable bonds is 11. The summed E-state index contributed by atoms with van der Waals surface area (Å²) < 4.78 is 29.1. The van der Waals surface area contributed by atoms with Crippen molar-refractivity contribution in [1.82, 2.24) is 9.78 Å². The number of halogens is 2. The van der Waals surface area contributed by atoms with Crippen molar-refractivity contribution < 1.29 is 13.6 Å². The van der Waals surface area contributed by atoms with Crippen LogP contribution in [-0.4, -0.2) is 37.3 Å². The van der Waals surface area contributed by atoms with E-state index in [-0.39, 0.29) is 5.56 Å². The van der Waals surface area contributed by atoms with Crippen LogP contribution in [0.4, 0.5) is 20.2 Å². The van der Waals surface area contributed by atoms with Crippen LogP contribution >= 0.6 is 0 Å². The molecule has 0 saturated carbocycles. The summed E-state index contributed by atoms with van der Waals surface area (Å²) in [4.78, 5) is 15.2. The minimum Gasteiger partial charge on any atom is -0.375 e. The first-order valence-corrected chi connectivity index (χ1v) is 12.1. The summed E-state index contributed by atoms with van der Waals surface area (Å²) in [6.45, 7) is 8.02. The highest BCUT2D eigenvalue weighted by atomic mass is 19.3. The van der Waals surface area contributed by atoms with Crippen molar-refractivity contribution in [3.63, 3.8) is 0 Å². The molecule has 0 aliphatic carbocycles. The molecule has 1 heterocycles. The second kappa shape index (κ2) is 11.5. The van der Waals surface area contributed by atoms with Gasteiger partial charge in [-0.25, -0.2) is 8.78 Å². The molecule has 0 saturated heterocycles. The van der Waals surface area contributed by atoms with Gasteiger partial charge < -0.3 is 9.80 Å². The molecule has 0 aliphatic heterocycles. The number of aromatic nitrogens is 2. The third-order valence-corrected chi connectivity index (χ3v) is 6.52. The summed E-state index contributed by atoms with van der Waals surface area (Å²) in [5.41, 5.74) is 8.19. The molecule has 1 amide bonds. The highest BCUT2D eigenvalue weighted by Crippen LogP contribution is 2.37. The highest BCUT2D eigenvalue weighted by Gasteiger charge is 2.19. The first-order valence-electron chi connectivity index (χ1n) is 12.1. The average molecular weight is 495 g/mol. The lowest BCUT2D eigenvalue weighted by Crippen LogP contribution is -2.21. The number of unbranched alkanes of at least 4 members (excludes halogenated alkanes) is 1. The number of aryl methyl sites for hydroxylation is 4. The fourth-order valence-corrected chi connectivity index (χ4v) is 4.62. The molecule has 7 heteroatoms. The molecule has 3 aromatic rings. The predicted octanol–water partition coefficient (Wildman–Crippen LogP) is 6.59. The molecule has 0 spiro atoms. The quantitative estimate of drug-likeness (QED) is 0.223. The van der Waals surface area contributed by atoms with Crippen LogP contribution in [0, 0.1) is 6.92 Å². The van der Waals surface area contributed by atoms with Crippen LogP contribution < -0.4 is 9.80 Å². The summed E-state index contributed by atoms with van der Waals surface area (Å²) in [5.74, 6) is 0. The fourth-order valence-electron chi connectivity index (χ4n) is 4.62. The van der Waals surface area contributed by atoms with Gasteiger partial charge in [-0.1, -0.05) is 12.6 Å². The maximum atomic E-state index is 13.7. The van der Waals surface area contributed by atoms with Gasteiger partial charge in [0.2, 0.25) is 6.41 Å². The van der Waals surface area contributed by atoms with E-state index >= 15 is 0 Å². The van der Waals surface area contributed by atoms with Gasteiger partial charge in [-0.2, -0.15) is 5.10 Å². The lowest BCUT2D eigenvalue weighted by molar-refractivity contribution is -0.107. The zero-order valence-electron chi connectivity index (χ0n) is 22.1. The number of hydrogen-bond acceptors (Lipinski definition) is 3. The molecule has 0 N–H and O–H groups in total. The number of benzene rings is 2. The van der Waals surface area contributed by atoms with Crippen LogP contribution in [0.5, 0.6) is 0 Å². The molecule has 0 unspecified atom stereocenters. The first kappa shape index (κ1) is 27.1. The van der Waals surface area contributed by atoms with Gasteiger partial charge in [0.1, 0.15) is 0 Å². The van der Waals surface area contributed by atoms with Crippen LogP contribution in [0.1, 0.15) is 54.0 Å². The van der Waals surface area contributed by atoms with Gasteiger partial charge in [0.25, 0.3) is 6.43 Å². The van der Waals surface area contributed by atoms with E-state index < -0.39 is 6.43 Å². The standard InChI is InChI=1S/C29H36F2N4O/c1-19(2)24-13-21(14-27(34(6)18-36)28(24)33(4)5)10-8-9-11-22-15-25(23-16-32-35(7)17-23)26(29(30)31)12-20(22)3/h12-18,29H,1,8-11H2,2-7H3. The Labute approximate surface area is 213 Å². The number of carbonyl (C=O) groups excluding carboxylic acids is 1. The Bertz CT molecular complexity index is 1250. The van der Waals surface area contributed by atoms with Gasteiger partial charge in [-0.05, 0) is 85.6 Å². The molecule has 5 nitrogen and oxygen atoms in total. The summed E-state index contributed by atoms with van der Waals surface area (Å²) >= 11 is 0. The Kier molecular flexibility index (Phi) is 8.66. The maximum absolute atomic E-state index is 13.7. The Hall–Kier alpha value is -3.48. The zero-order chi connectivity index (χ0) is 26.6. The summed E-state index contributed by atoms with van der Waals surface area (Å²) in [5, 5.41) is 4.15. The van der Waals surface area contributed by atoms with Crippen LogP contribution in [0.3, 0.4) is 0 Å². The minimum atomic E-state index is -2.54. The highest BCUT2D eigenvalue weighted by molar-refractivity contribution is 5.90. The normalized spacial score (nSPS) is 11.1. The van der Waals surface area contributed by atoms with Crippen LogP contribution in [0.25, 0.3) is 16.7 Å². The van der Waals surface area contributed by atoms with Crippen LogP contribution in [-0.2, 0) is 24.7 Å². The molecule has 1 aromatic heterocycles. The summed E-state index contributed by atoms with van der Waals surface area (Å²) in [6, 6.07) is 7.74.